The molecule has 0 aliphatic carbocycles. The van der Waals surface area contributed by atoms with E-state index in [0.717, 1.165) is 0 Å². The van der Waals surface area contributed by atoms with Gasteiger partial charge in [-0.2, -0.15) is 0 Å². The second-order valence-corrected chi connectivity index (χ2v) is 6.06. The molecular formula is C13H23N3O8. The number of carboxylic acid groups (broad SMARTS) is 2. The molecule has 0 aromatic heterocycles. The van der Waals surface area contributed by atoms with Crippen LogP contribution in [-0.4, -0.2) is 51.8 Å². The summed E-state index contributed by atoms with van der Waals surface area (Å²) >= 11 is 0. The monoisotopic (exact) mass is 349 g/mol. The molecule has 0 bridgehead atoms. The first-order valence-corrected chi connectivity index (χ1v) is 6.66. The first-order chi connectivity index (χ1) is 10.7. The van der Waals surface area contributed by atoms with Crippen molar-refractivity contribution in [3.05, 3.63) is 22.3 Å². The van der Waals surface area contributed by atoms with E-state index in [1.807, 2.05) is 0 Å². The van der Waals surface area contributed by atoms with Gasteiger partial charge in [-0.3, -0.25) is 4.79 Å². The summed E-state index contributed by atoms with van der Waals surface area (Å²) in [7, 11) is 0. The van der Waals surface area contributed by atoms with Gasteiger partial charge in [-0.15, -0.1) is 10.1 Å². The number of carbonyl (C=O) groups is 3. The largest absolute Gasteiger partial charge is 0.478 e. The van der Waals surface area contributed by atoms with Crippen LogP contribution in [0.1, 0.15) is 27.7 Å². The van der Waals surface area contributed by atoms with Crippen molar-refractivity contribution < 1.29 is 34.5 Å². The third-order valence-electron chi connectivity index (χ3n) is 2.22. The first-order valence-electron chi connectivity index (χ1n) is 6.66. The number of nitrogens with one attached hydrogen (secondary N) is 1. The number of amides is 1. The molecule has 5 N–H and O–H groups in total. The average Bonchev–Trinajstić information content (AvgIpc) is 2.40. The predicted octanol–water partition coefficient (Wildman–Crippen LogP) is -0.214. The van der Waals surface area contributed by atoms with Crippen LogP contribution in [0.4, 0.5) is 0 Å². The van der Waals surface area contributed by atoms with Gasteiger partial charge in [-0.05, 0) is 27.7 Å². The number of hydrogen-bond acceptors (Lipinski definition) is 7. The zero-order chi connectivity index (χ0) is 19.6. The molecule has 1 amide bonds. The normalized spacial score (nSPS) is 11.2. The molecule has 0 atom stereocenters. The van der Waals surface area contributed by atoms with Crippen molar-refractivity contribution in [1.82, 2.24) is 5.32 Å². The Balaban J connectivity index is 0. The minimum Gasteiger partial charge on any atom is -0.478 e. The Kier molecular flexibility index (Phi) is 9.97. The third-order valence-corrected chi connectivity index (χ3v) is 2.22. The van der Waals surface area contributed by atoms with Gasteiger partial charge in [0.25, 0.3) is 5.09 Å². The number of nitrogens with zero attached hydrogens (tertiary/aromatic N) is 1. The molecule has 0 aliphatic rings. The standard InChI is InChI=1S/C9H19N3O4.C4H4O4/c1-8(2,6-16-12(14)15)7(13)11-5-9(3,4)10;5-3(6)1-2-4(7)8/h5-6,10H2,1-4H3,(H,11,13);1-2H,(H,5,6)(H,7,8). The number of carboxylic acids is 2. The summed E-state index contributed by atoms with van der Waals surface area (Å²) in [4.78, 5) is 45.0. The van der Waals surface area contributed by atoms with E-state index < -0.39 is 28.0 Å². The minimum atomic E-state index is -1.26. The average molecular weight is 349 g/mol. The molecule has 11 nitrogen and oxygen atoms in total. The van der Waals surface area contributed by atoms with Gasteiger partial charge in [-0.25, -0.2) is 9.59 Å². The van der Waals surface area contributed by atoms with Crippen molar-refractivity contribution in [2.45, 2.75) is 33.2 Å². The van der Waals surface area contributed by atoms with E-state index in [2.05, 4.69) is 10.2 Å². The van der Waals surface area contributed by atoms with E-state index in [-0.39, 0.29) is 12.5 Å². The van der Waals surface area contributed by atoms with Crippen molar-refractivity contribution >= 4 is 17.8 Å². The molecule has 0 aromatic carbocycles. The fourth-order valence-electron chi connectivity index (χ4n) is 0.970. The molecule has 24 heavy (non-hydrogen) atoms. The van der Waals surface area contributed by atoms with Gasteiger partial charge in [0.1, 0.15) is 6.61 Å². The number of aliphatic carboxylic acids is 2. The predicted molar refractivity (Wildman–Crippen MR) is 82.4 cm³/mol. The highest BCUT2D eigenvalue weighted by Gasteiger charge is 2.29. The molecular weight excluding hydrogens is 326 g/mol. The van der Waals surface area contributed by atoms with Crippen LogP contribution in [0.3, 0.4) is 0 Å². The quantitative estimate of drug-likeness (QED) is 0.261. The lowest BCUT2D eigenvalue weighted by Gasteiger charge is -2.25. The summed E-state index contributed by atoms with van der Waals surface area (Å²) in [5.74, 6) is -2.84. The molecule has 0 aliphatic heterocycles. The fraction of sp³-hybridized carbons (Fsp3) is 0.615. The van der Waals surface area contributed by atoms with Crippen molar-refractivity contribution in [1.29, 1.82) is 0 Å². The lowest BCUT2D eigenvalue weighted by atomic mass is 9.93. The molecule has 0 spiro atoms. The molecule has 11 heteroatoms. The Labute approximate surface area is 138 Å². The van der Waals surface area contributed by atoms with Crippen LogP contribution in [-0.2, 0) is 19.2 Å². The van der Waals surface area contributed by atoms with Crippen LogP contribution in [0.2, 0.25) is 0 Å². The Morgan fingerprint density at radius 3 is 1.88 bits per heavy atom. The molecule has 138 valence electrons. The van der Waals surface area contributed by atoms with E-state index in [9.17, 15) is 24.5 Å². The molecule has 0 unspecified atom stereocenters. The smallest absolute Gasteiger partial charge is 0.328 e. The van der Waals surface area contributed by atoms with Gasteiger partial charge in [0.2, 0.25) is 5.91 Å². The molecule has 0 radical (unpaired) electrons. The number of nitrogens with two attached hydrogens (primary N) is 1. The van der Waals surface area contributed by atoms with Crippen LogP contribution >= 0.6 is 0 Å². The van der Waals surface area contributed by atoms with Crippen LogP contribution in [0.5, 0.6) is 0 Å². The first kappa shape index (κ1) is 23.6. The van der Waals surface area contributed by atoms with E-state index in [4.69, 9.17) is 15.9 Å². The number of carbonyl (C=O) groups excluding carboxylic acids is 1. The molecule has 0 fully saturated rings. The maximum absolute atomic E-state index is 11.7. The molecule has 0 aromatic rings. The van der Waals surface area contributed by atoms with Crippen LogP contribution < -0.4 is 11.1 Å². The van der Waals surface area contributed by atoms with Gasteiger partial charge >= 0.3 is 11.9 Å². The Bertz CT molecular complexity index is 478. The Hall–Kier alpha value is -2.69. The topological polar surface area (TPSA) is 182 Å². The fourth-order valence-corrected chi connectivity index (χ4v) is 0.970. The Morgan fingerprint density at radius 2 is 1.58 bits per heavy atom. The van der Waals surface area contributed by atoms with Crippen molar-refractivity contribution in [3.8, 4) is 0 Å². The van der Waals surface area contributed by atoms with Gasteiger partial charge < -0.3 is 26.1 Å². The van der Waals surface area contributed by atoms with E-state index in [0.29, 0.717) is 18.7 Å². The van der Waals surface area contributed by atoms with Crippen molar-refractivity contribution in [3.63, 3.8) is 0 Å². The van der Waals surface area contributed by atoms with E-state index in [1.54, 1.807) is 27.7 Å². The lowest BCUT2D eigenvalue weighted by molar-refractivity contribution is -0.760. The summed E-state index contributed by atoms with van der Waals surface area (Å²) in [6, 6.07) is 0. The zero-order valence-corrected chi connectivity index (χ0v) is 13.9. The van der Waals surface area contributed by atoms with Gasteiger partial charge in [0.15, 0.2) is 0 Å². The maximum atomic E-state index is 11.7. The second kappa shape index (κ2) is 10.2. The van der Waals surface area contributed by atoms with Gasteiger partial charge in [0.05, 0.1) is 5.41 Å². The summed E-state index contributed by atoms with van der Waals surface area (Å²) < 4.78 is 0. The summed E-state index contributed by atoms with van der Waals surface area (Å²) in [5, 5.41) is 27.3. The molecule has 0 rings (SSSR count). The molecule has 0 heterocycles. The highest BCUT2D eigenvalue weighted by molar-refractivity contribution is 5.89. The Morgan fingerprint density at radius 1 is 1.17 bits per heavy atom. The summed E-state index contributed by atoms with van der Waals surface area (Å²) in [5.41, 5.74) is 4.22. The highest BCUT2D eigenvalue weighted by Crippen LogP contribution is 2.15. The number of hydrogen-bond donors (Lipinski definition) is 4. The molecule has 0 saturated carbocycles. The third kappa shape index (κ3) is 15.7. The maximum Gasteiger partial charge on any atom is 0.328 e. The zero-order valence-electron chi connectivity index (χ0n) is 13.9. The van der Waals surface area contributed by atoms with E-state index in [1.165, 1.54) is 0 Å². The van der Waals surface area contributed by atoms with Crippen molar-refractivity contribution in [2.75, 3.05) is 13.2 Å². The van der Waals surface area contributed by atoms with Crippen LogP contribution in [0.15, 0.2) is 12.2 Å². The van der Waals surface area contributed by atoms with Gasteiger partial charge in [0, 0.05) is 24.2 Å². The van der Waals surface area contributed by atoms with Crippen LogP contribution in [0.25, 0.3) is 0 Å². The number of rotatable bonds is 8. The summed E-state index contributed by atoms with van der Waals surface area (Å²) in [6.07, 6.45) is 1.12. The van der Waals surface area contributed by atoms with Crippen LogP contribution in [0, 0.1) is 15.5 Å². The van der Waals surface area contributed by atoms with E-state index >= 15 is 0 Å². The summed E-state index contributed by atoms with van der Waals surface area (Å²) in [6.45, 7) is 6.69. The minimum absolute atomic E-state index is 0.281. The molecule has 0 saturated heterocycles. The highest BCUT2D eigenvalue weighted by atomic mass is 16.9. The second-order valence-electron chi connectivity index (χ2n) is 6.06. The lowest BCUT2D eigenvalue weighted by Crippen LogP contribution is -2.49. The SMILES string of the molecule is CC(C)(N)CNC(=O)C(C)(C)CO[N+](=O)[O-].O=C(O)C=CC(=O)O. The van der Waals surface area contributed by atoms with Crippen molar-refractivity contribution in [2.24, 2.45) is 11.1 Å². The van der Waals surface area contributed by atoms with Gasteiger partial charge in [-0.1, -0.05) is 0 Å².